The maximum Gasteiger partial charge on any atom is 0.276 e. The molecule has 1 aliphatic heterocycles. The van der Waals surface area contributed by atoms with Gasteiger partial charge in [-0.25, -0.2) is 8.78 Å². The van der Waals surface area contributed by atoms with E-state index in [0.29, 0.717) is 28.1 Å². The molecule has 0 bridgehead atoms. The number of nitrogens with zero attached hydrogens (tertiary/aromatic N) is 3. The highest BCUT2D eigenvalue weighted by Gasteiger charge is 2.49. The molecule has 11 heteroatoms. The fourth-order valence-electron chi connectivity index (χ4n) is 4.13. The van der Waals surface area contributed by atoms with Crippen molar-refractivity contribution >= 4 is 23.2 Å². The summed E-state index contributed by atoms with van der Waals surface area (Å²) in [6, 6.07) is 13.5. The molecule has 4 rings (SSSR count). The molecule has 2 amide bonds. The Morgan fingerprint density at radius 2 is 1.97 bits per heavy atom. The number of aromatic nitrogens is 2. The van der Waals surface area contributed by atoms with E-state index in [2.05, 4.69) is 20.8 Å². The molecule has 1 fully saturated rings. The molecule has 188 valence electrons. The van der Waals surface area contributed by atoms with Crippen molar-refractivity contribution in [2.75, 3.05) is 32.0 Å². The molecular formula is C25H26F2N6O3. The number of likely N-dealkylation sites (tertiary alicyclic amines) is 1. The van der Waals surface area contributed by atoms with Crippen LogP contribution < -0.4 is 10.6 Å². The molecule has 0 radical (unpaired) electrons. The number of hydrogen-bond donors (Lipinski definition) is 3. The summed E-state index contributed by atoms with van der Waals surface area (Å²) in [6.45, 7) is 0.540. The zero-order valence-electron chi connectivity index (χ0n) is 19.8. The van der Waals surface area contributed by atoms with Gasteiger partial charge in [0.1, 0.15) is 5.92 Å². The Morgan fingerprint density at radius 1 is 1.22 bits per heavy atom. The Kier molecular flexibility index (Phi) is 7.09. The minimum Gasteiger partial charge on any atom is -0.388 e. The monoisotopic (exact) mass is 496 g/mol. The fourth-order valence-corrected chi connectivity index (χ4v) is 4.13. The number of benzene rings is 2. The first-order valence-corrected chi connectivity index (χ1v) is 11.4. The fraction of sp³-hybridized carbons (Fsp3) is 0.320. The number of hydrogen-bond acceptors (Lipinski definition) is 7. The largest absolute Gasteiger partial charge is 0.388 e. The minimum absolute atomic E-state index is 0.0647. The number of halogens is 2. The molecule has 1 aliphatic rings. The first-order chi connectivity index (χ1) is 17.2. The van der Waals surface area contributed by atoms with Gasteiger partial charge in [-0.15, -0.1) is 0 Å². The molecule has 1 unspecified atom stereocenters. The lowest BCUT2D eigenvalue weighted by atomic mass is 9.92. The van der Waals surface area contributed by atoms with E-state index in [1.807, 2.05) is 0 Å². The molecule has 0 aliphatic carbocycles. The van der Waals surface area contributed by atoms with Gasteiger partial charge in [0, 0.05) is 41.7 Å². The second-order valence-electron chi connectivity index (χ2n) is 8.56. The van der Waals surface area contributed by atoms with Crippen LogP contribution in [0, 0.1) is 5.41 Å². The Morgan fingerprint density at radius 3 is 2.64 bits per heavy atom. The van der Waals surface area contributed by atoms with Crippen molar-refractivity contribution in [1.29, 1.82) is 5.41 Å². The molecule has 9 nitrogen and oxygen atoms in total. The third-order valence-corrected chi connectivity index (χ3v) is 6.08. The van der Waals surface area contributed by atoms with Crippen molar-refractivity contribution in [1.82, 2.24) is 20.4 Å². The molecular weight excluding hydrogens is 470 g/mol. The molecule has 0 spiro atoms. The average Bonchev–Trinajstić information content (AvgIpc) is 3.36. The van der Waals surface area contributed by atoms with Gasteiger partial charge in [0.2, 0.25) is 17.6 Å². The lowest BCUT2D eigenvalue weighted by Crippen LogP contribution is -2.52. The molecule has 1 atom stereocenters. The van der Waals surface area contributed by atoms with Gasteiger partial charge in [-0.05, 0) is 31.5 Å². The zero-order valence-corrected chi connectivity index (χ0v) is 19.8. The molecule has 2 aromatic carbocycles. The number of anilines is 1. The smallest absolute Gasteiger partial charge is 0.276 e. The van der Waals surface area contributed by atoms with Crippen LogP contribution in [0.3, 0.4) is 0 Å². The summed E-state index contributed by atoms with van der Waals surface area (Å²) in [6.07, 6.45) is -0.0687. The van der Waals surface area contributed by atoms with E-state index in [0.717, 1.165) is 4.90 Å². The van der Waals surface area contributed by atoms with E-state index in [9.17, 15) is 9.59 Å². The van der Waals surface area contributed by atoms with E-state index in [1.165, 1.54) is 0 Å². The van der Waals surface area contributed by atoms with Gasteiger partial charge in [-0.3, -0.25) is 9.59 Å². The summed E-state index contributed by atoms with van der Waals surface area (Å²) in [7, 11) is 1.72. The maximum absolute atomic E-state index is 15.1. The first kappa shape index (κ1) is 25.0. The normalized spacial score (nSPS) is 16.9. The molecule has 36 heavy (non-hydrogen) atoms. The van der Waals surface area contributed by atoms with Gasteiger partial charge in [-0.2, -0.15) is 4.98 Å². The summed E-state index contributed by atoms with van der Waals surface area (Å²) in [5, 5.41) is 17.2. The highest BCUT2D eigenvalue weighted by molar-refractivity contribution is 6.02. The summed E-state index contributed by atoms with van der Waals surface area (Å²) in [5.41, 5.74) is 2.70. The van der Waals surface area contributed by atoms with Crippen LogP contribution in [-0.2, 0) is 4.79 Å². The van der Waals surface area contributed by atoms with Crippen molar-refractivity contribution in [2.24, 2.45) is 0 Å². The lowest BCUT2D eigenvalue weighted by molar-refractivity contribution is -0.144. The Bertz CT molecular complexity index is 1280. The van der Waals surface area contributed by atoms with Crippen LogP contribution in [0.2, 0.25) is 0 Å². The molecule has 1 aromatic heterocycles. The molecule has 3 aromatic rings. The third-order valence-electron chi connectivity index (χ3n) is 6.08. The third kappa shape index (κ3) is 5.24. The van der Waals surface area contributed by atoms with Crippen LogP contribution in [0.1, 0.15) is 41.1 Å². The highest BCUT2D eigenvalue weighted by Crippen LogP contribution is 2.40. The Balaban J connectivity index is 1.41. The molecule has 1 saturated heterocycles. The van der Waals surface area contributed by atoms with E-state index in [-0.39, 0.29) is 31.2 Å². The SMILES string of the molecule is CNc1cc(-c2noc(C3CCN(C(=O)CNC(=O)c4ccccc4)CC3(F)F)n2)ccc1C(C)=N. The van der Waals surface area contributed by atoms with Crippen LogP contribution in [0.5, 0.6) is 0 Å². The first-order valence-electron chi connectivity index (χ1n) is 11.4. The second-order valence-corrected chi connectivity index (χ2v) is 8.56. The minimum atomic E-state index is -3.29. The van der Waals surface area contributed by atoms with Crippen LogP contribution in [0.4, 0.5) is 14.5 Å². The predicted molar refractivity (Wildman–Crippen MR) is 129 cm³/mol. The summed E-state index contributed by atoms with van der Waals surface area (Å²) >= 11 is 0. The van der Waals surface area contributed by atoms with Crippen LogP contribution in [-0.4, -0.2) is 65.2 Å². The number of piperidine rings is 1. The maximum atomic E-state index is 15.1. The standard InChI is InChI=1S/C25H26F2N6O3/c1-15(28)18-9-8-17(12-20(18)29-2)22-31-24(36-32-22)19-10-11-33(14-25(19,26)27)21(34)13-30-23(35)16-6-4-3-5-7-16/h3-9,12,19,28-29H,10-11,13-14H2,1-2H3,(H,30,35). The molecule has 0 saturated carbocycles. The number of rotatable bonds is 7. The quantitative estimate of drug-likeness (QED) is 0.430. The van der Waals surface area contributed by atoms with Crippen LogP contribution in [0.25, 0.3) is 11.4 Å². The Labute approximate surface area is 206 Å². The van der Waals surface area contributed by atoms with E-state index in [4.69, 9.17) is 9.93 Å². The van der Waals surface area contributed by atoms with E-state index >= 15 is 8.78 Å². The van der Waals surface area contributed by atoms with Crippen molar-refractivity contribution in [3.8, 4) is 11.4 Å². The second kappa shape index (κ2) is 10.2. The zero-order chi connectivity index (χ0) is 25.9. The topological polar surface area (TPSA) is 124 Å². The number of carbonyl (C=O) groups is 2. The number of amides is 2. The average molecular weight is 497 g/mol. The van der Waals surface area contributed by atoms with Gasteiger partial charge >= 0.3 is 0 Å². The summed E-state index contributed by atoms with van der Waals surface area (Å²) in [5.74, 6) is -5.71. The number of carbonyl (C=O) groups excluding carboxylic acids is 2. The van der Waals surface area contributed by atoms with Crippen molar-refractivity contribution in [3.05, 3.63) is 65.5 Å². The van der Waals surface area contributed by atoms with Gasteiger partial charge in [0.25, 0.3) is 11.8 Å². The summed E-state index contributed by atoms with van der Waals surface area (Å²) < 4.78 is 35.3. The lowest BCUT2D eigenvalue weighted by Gasteiger charge is -2.36. The molecule has 3 N–H and O–H groups in total. The van der Waals surface area contributed by atoms with Gasteiger partial charge in [-0.1, -0.05) is 35.5 Å². The van der Waals surface area contributed by atoms with Crippen LogP contribution >= 0.6 is 0 Å². The number of alkyl halides is 2. The van der Waals surface area contributed by atoms with Crippen molar-refractivity contribution in [3.63, 3.8) is 0 Å². The predicted octanol–water partition coefficient (Wildman–Crippen LogP) is 3.55. The number of nitrogens with one attached hydrogen (secondary N) is 3. The highest BCUT2D eigenvalue weighted by atomic mass is 19.3. The Hall–Kier alpha value is -4.15. The van der Waals surface area contributed by atoms with Gasteiger partial charge in [0.05, 0.1) is 13.1 Å². The van der Waals surface area contributed by atoms with E-state index < -0.39 is 30.2 Å². The van der Waals surface area contributed by atoms with Gasteiger partial charge in [0.15, 0.2) is 0 Å². The molecule has 2 heterocycles. The van der Waals surface area contributed by atoms with Gasteiger partial charge < -0.3 is 25.5 Å². The van der Waals surface area contributed by atoms with Crippen molar-refractivity contribution in [2.45, 2.75) is 25.2 Å². The summed E-state index contributed by atoms with van der Waals surface area (Å²) in [4.78, 5) is 29.9. The van der Waals surface area contributed by atoms with Crippen molar-refractivity contribution < 1.29 is 22.9 Å². The van der Waals surface area contributed by atoms with E-state index in [1.54, 1.807) is 62.5 Å². The van der Waals surface area contributed by atoms with Crippen LogP contribution in [0.15, 0.2) is 53.1 Å².